The third-order valence-electron chi connectivity index (χ3n) is 1.71. The second kappa shape index (κ2) is 5.35. The summed E-state index contributed by atoms with van der Waals surface area (Å²) in [6.45, 7) is 0. The van der Waals surface area contributed by atoms with Crippen LogP contribution in [0.1, 0.15) is 4.88 Å². The van der Waals surface area contributed by atoms with E-state index in [0.717, 1.165) is 15.4 Å². The van der Waals surface area contributed by atoms with E-state index < -0.39 is 0 Å². The van der Waals surface area contributed by atoms with E-state index >= 15 is 0 Å². The molecule has 1 aromatic carbocycles. The van der Waals surface area contributed by atoms with Gasteiger partial charge in [0, 0.05) is 16.6 Å². The fourth-order valence-corrected chi connectivity index (χ4v) is 2.08. The summed E-state index contributed by atoms with van der Waals surface area (Å²) < 4.78 is 0. The predicted octanol–water partition coefficient (Wildman–Crippen LogP) is 3.97. The van der Waals surface area contributed by atoms with Crippen LogP contribution in [-0.4, -0.2) is 4.98 Å². The van der Waals surface area contributed by atoms with E-state index in [0.29, 0.717) is 5.88 Å². The average molecular weight is 246 g/mol. The quantitative estimate of drug-likeness (QED) is 0.730. The van der Waals surface area contributed by atoms with Gasteiger partial charge in [0.25, 0.3) is 0 Å². The minimum Gasteiger partial charge on any atom is -0.244 e. The maximum atomic E-state index is 5.70. The van der Waals surface area contributed by atoms with Gasteiger partial charge in [-0.25, -0.2) is 4.98 Å². The molecule has 0 aliphatic rings. The predicted molar refractivity (Wildman–Crippen MR) is 64.4 cm³/mol. The minimum absolute atomic E-state index is 0. The summed E-state index contributed by atoms with van der Waals surface area (Å²) in [6, 6.07) is 10.1. The van der Waals surface area contributed by atoms with Crippen LogP contribution < -0.4 is 0 Å². The fourth-order valence-electron chi connectivity index (χ4n) is 1.08. The second-order valence-electron chi connectivity index (χ2n) is 2.63. The average Bonchev–Trinajstić information content (AvgIpc) is 2.67. The molecule has 0 radical (unpaired) electrons. The molecule has 0 bridgehead atoms. The van der Waals surface area contributed by atoms with E-state index in [9.17, 15) is 0 Å². The molecule has 0 aliphatic heterocycles. The topological polar surface area (TPSA) is 12.9 Å². The fraction of sp³-hybridized carbons (Fsp3) is 0.100. The molecule has 1 nitrogen and oxygen atoms in total. The van der Waals surface area contributed by atoms with Crippen molar-refractivity contribution < 1.29 is 0 Å². The summed E-state index contributed by atoms with van der Waals surface area (Å²) in [6.07, 6.45) is 1.83. The highest BCUT2D eigenvalue weighted by atomic mass is 35.5. The number of thiazole rings is 1. The van der Waals surface area contributed by atoms with Crippen molar-refractivity contribution in [1.82, 2.24) is 4.98 Å². The van der Waals surface area contributed by atoms with Crippen LogP contribution in [0.25, 0.3) is 10.6 Å². The molecule has 1 aromatic heterocycles. The van der Waals surface area contributed by atoms with Crippen molar-refractivity contribution >= 4 is 35.3 Å². The van der Waals surface area contributed by atoms with Crippen molar-refractivity contribution in [3.05, 3.63) is 41.4 Å². The number of hydrogen-bond donors (Lipinski definition) is 0. The number of nitrogens with zero attached hydrogens (tertiary/aromatic N) is 1. The molecule has 0 spiro atoms. The zero-order valence-electron chi connectivity index (χ0n) is 7.31. The van der Waals surface area contributed by atoms with Gasteiger partial charge in [-0.1, -0.05) is 30.3 Å². The molecule has 0 saturated carbocycles. The molecule has 1 heterocycles. The van der Waals surface area contributed by atoms with Crippen LogP contribution in [0.15, 0.2) is 36.5 Å². The Labute approximate surface area is 98.2 Å². The molecule has 0 atom stereocenters. The molecule has 0 N–H and O–H groups in total. The lowest BCUT2D eigenvalue weighted by Crippen LogP contribution is -1.71. The Bertz CT molecular complexity index is 386. The van der Waals surface area contributed by atoms with E-state index in [2.05, 4.69) is 17.1 Å². The summed E-state index contributed by atoms with van der Waals surface area (Å²) in [5.41, 5.74) is 1.16. The van der Waals surface area contributed by atoms with Crippen molar-refractivity contribution in [2.45, 2.75) is 5.88 Å². The number of rotatable bonds is 2. The lowest BCUT2D eigenvalue weighted by Gasteiger charge is -1.92. The van der Waals surface area contributed by atoms with E-state index in [1.165, 1.54) is 0 Å². The molecule has 2 rings (SSSR count). The van der Waals surface area contributed by atoms with Crippen molar-refractivity contribution in [3.8, 4) is 10.6 Å². The number of benzene rings is 1. The van der Waals surface area contributed by atoms with Crippen molar-refractivity contribution in [1.29, 1.82) is 0 Å². The third kappa shape index (κ3) is 2.47. The monoisotopic (exact) mass is 245 g/mol. The number of aromatic nitrogens is 1. The van der Waals surface area contributed by atoms with Crippen molar-refractivity contribution in [2.75, 3.05) is 0 Å². The molecular formula is C10H9Cl2NS. The lowest BCUT2D eigenvalue weighted by atomic mass is 10.2. The number of halogens is 2. The molecule has 4 heteroatoms. The first-order valence-electron chi connectivity index (χ1n) is 3.96. The summed E-state index contributed by atoms with van der Waals surface area (Å²) in [5.74, 6) is 0.546. The van der Waals surface area contributed by atoms with Crippen LogP contribution in [0.3, 0.4) is 0 Å². The highest BCUT2D eigenvalue weighted by molar-refractivity contribution is 7.15. The summed E-state index contributed by atoms with van der Waals surface area (Å²) >= 11 is 7.34. The van der Waals surface area contributed by atoms with E-state index in [-0.39, 0.29) is 12.4 Å². The lowest BCUT2D eigenvalue weighted by molar-refractivity contribution is 1.36. The summed E-state index contributed by atoms with van der Waals surface area (Å²) in [7, 11) is 0. The summed E-state index contributed by atoms with van der Waals surface area (Å²) in [5, 5.41) is 1.04. The Hall–Kier alpha value is -0.570. The molecule has 74 valence electrons. The smallest absolute Gasteiger partial charge is 0.123 e. The van der Waals surface area contributed by atoms with Gasteiger partial charge in [0.2, 0.25) is 0 Å². The maximum absolute atomic E-state index is 5.70. The Morgan fingerprint density at radius 3 is 2.50 bits per heavy atom. The first-order valence-corrected chi connectivity index (χ1v) is 5.31. The van der Waals surface area contributed by atoms with Crippen LogP contribution >= 0.6 is 35.3 Å². The molecule has 0 aliphatic carbocycles. The first kappa shape index (κ1) is 11.5. The van der Waals surface area contributed by atoms with Crippen LogP contribution in [-0.2, 0) is 5.88 Å². The van der Waals surface area contributed by atoms with Crippen LogP contribution in [0, 0.1) is 0 Å². The van der Waals surface area contributed by atoms with E-state index in [1.54, 1.807) is 11.3 Å². The Morgan fingerprint density at radius 1 is 1.21 bits per heavy atom. The van der Waals surface area contributed by atoms with E-state index in [1.807, 2.05) is 24.4 Å². The minimum atomic E-state index is 0. The molecule has 0 fully saturated rings. The van der Waals surface area contributed by atoms with Gasteiger partial charge in [0.05, 0.1) is 5.88 Å². The van der Waals surface area contributed by atoms with E-state index in [4.69, 9.17) is 11.6 Å². The Balaban J connectivity index is 0.000000980. The van der Waals surface area contributed by atoms with Gasteiger partial charge in [-0.3, -0.25) is 0 Å². The highest BCUT2D eigenvalue weighted by Gasteiger charge is 2.02. The van der Waals surface area contributed by atoms with Crippen molar-refractivity contribution in [2.24, 2.45) is 0 Å². The van der Waals surface area contributed by atoms with Crippen LogP contribution in [0.2, 0.25) is 0 Å². The largest absolute Gasteiger partial charge is 0.244 e. The number of alkyl halides is 1. The number of hydrogen-bond acceptors (Lipinski definition) is 2. The Kier molecular flexibility index (Phi) is 4.39. The zero-order chi connectivity index (χ0) is 9.10. The van der Waals surface area contributed by atoms with Gasteiger partial charge in [-0.15, -0.1) is 35.3 Å². The van der Waals surface area contributed by atoms with Gasteiger partial charge in [0.15, 0.2) is 0 Å². The standard InChI is InChI=1S/C10H8ClNS.ClH/c11-6-9-7-12-10(13-9)8-4-2-1-3-5-8;/h1-5,7H,6H2;1H. The SMILES string of the molecule is Cl.ClCc1cnc(-c2ccccc2)s1. The molecule has 14 heavy (non-hydrogen) atoms. The van der Waals surface area contributed by atoms with Crippen LogP contribution in [0.5, 0.6) is 0 Å². The van der Waals surface area contributed by atoms with Gasteiger partial charge >= 0.3 is 0 Å². The highest BCUT2D eigenvalue weighted by Crippen LogP contribution is 2.25. The maximum Gasteiger partial charge on any atom is 0.123 e. The van der Waals surface area contributed by atoms with Gasteiger partial charge in [0.1, 0.15) is 5.01 Å². The summed E-state index contributed by atoms with van der Waals surface area (Å²) in [4.78, 5) is 5.40. The molecule has 2 aromatic rings. The third-order valence-corrected chi connectivity index (χ3v) is 3.20. The Morgan fingerprint density at radius 2 is 1.93 bits per heavy atom. The van der Waals surface area contributed by atoms with Gasteiger partial charge in [-0.05, 0) is 0 Å². The first-order chi connectivity index (χ1) is 6.40. The van der Waals surface area contributed by atoms with Crippen LogP contribution in [0.4, 0.5) is 0 Å². The molecule has 0 amide bonds. The zero-order valence-corrected chi connectivity index (χ0v) is 9.70. The second-order valence-corrected chi connectivity index (χ2v) is 4.01. The van der Waals surface area contributed by atoms with Gasteiger partial charge < -0.3 is 0 Å². The molecular weight excluding hydrogens is 237 g/mol. The van der Waals surface area contributed by atoms with Gasteiger partial charge in [-0.2, -0.15) is 0 Å². The molecule has 0 saturated heterocycles. The molecule has 0 unspecified atom stereocenters. The normalized spacial score (nSPS) is 9.50. The van der Waals surface area contributed by atoms with Crippen molar-refractivity contribution in [3.63, 3.8) is 0 Å².